The molecule has 6 N–H and O–H groups in total. The number of nitrogen functional groups attached to an aromatic ring is 1. The monoisotopic (exact) mass is 315 g/mol. The second-order valence-electron chi connectivity index (χ2n) is 5.24. The molecule has 2 aromatic rings. The fraction of sp³-hybridized carbons (Fsp3) is 0.222. The molecule has 0 spiro atoms. The van der Waals surface area contributed by atoms with Crippen LogP contribution in [-0.2, 0) is 26.4 Å². The van der Waals surface area contributed by atoms with Gasteiger partial charge in [0.1, 0.15) is 0 Å². The number of rotatable bonds is 6. The maximum absolute atomic E-state index is 9.42. The van der Waals surface area contributed by atoms with Gasteiger partial charge in [0, 0.05) is 11.3 Å². The van der Waals surface area contributed by atoms with E-state index in [1.165, 1.54) is 0 Å². The second-order valence-corrected chi connectivity index (χ2v) is 5.24. The minimum absolute atomic E-state index is 0.0990. The number of aliphatic hydroxyl groups is 4. The molecule has 0 bridgehead atoms. The van der Waals surface area contributed by atoms with Crippen molar-refractivity contribution in [2.45, 2.75) is 26.4 Å². The van der Waals surface area contributed by atoms with Crippen molar-refractivity contribution in [1.82, 2.24) is 0 Å². The number of hydrogen-bond donors (Lipinski definition) is 5. The van der Waals surface area contributed by atoms with Gasteiger partial charge in [0.15, 0.2) is 0 Å². The molecule has 2 aromatic carbocycles. The highest BCUT2D eigenvalue weighted by Gasteiger charge is 2.08. The second kappa shape index (κ2) is 7.89. The van der Waals surface area contributed by atoms with Gasteiger partial charge in [-0.1, -0.05) is 24.3 Å². The van der Waals surface area contributed by atoms with Crippen LogP contribution in [0.3, 0.4) is 0 Å². The summed E-state index contributed by atoms with van der Waals surface area (Å²) in [6.45, 7) is -0.738. The summed E-state index contributed by atoms with van der Waals surface area (Å²) >= 11 is 0. The fourth-order valence-electron chi connectivity index (χ4n) is 2.46. The minimum Gasteiger partial charge on any atom is -0.398 e. The van der Waals surface area contributed by atoms with E-state index in [0.717, 1.165) is 11.1 Å². The van der Waals surface area contributed by atoms with Crippen molar-refractivity contribution in [3.8, 4) is 0 Å². The summed E-state index contributed by atoms with van der Waals surface area (Å²) < 4.78 is 0. The van der Waals surface area contributed by atoms with E-state index < -0.39 is 0 Å². The van der Waals surface area contributed by atoms with Crippen LogP contribution in [0.4, 0.5) is 5.69 Å². The van der Waals surface area contributed by atoms with Gasteiger partial charge in [-0.2, -0.15) is 0 Å². The number of nitrogens with two attached hydrogens (primary N) is 1. The number of benzene rings is 2. The topological polar surface area (TPSA) is 107 Å². The number of hydrogen-bond acceptors (Lipinski definition) is 5. The molecular weight excluding hydrogens is 294 g/mol. The lowest BCUT2D eigenvalue weighted by atomic mass is 9.98. The molecule has 0 atom stereocenters. The molecule has 0 unspecified atom stereocenters. The van der Waals surface area contributed by atoms with Crippen LogP contribution in [0.5, 0.6) is 0 Å². The molecule has 0 aromatic heterocycles. The van der Waals surface area contributed by atoms with Gasteiger partial charge in [0.2, 0.25) is 0 Å². The van der Waals surface area contributed by atoms with E-state index in [4.69, 9.17) is 10.8 Å². The standard InChI is InChI=1S/C18H21NO4/c19-18-7-12(3-4-14(18)8-20)1-2-13-5-15(9-21)17(11-23)16(6-13)10-22/h1-7,20-23H,8-11,19H2/b2-1-. The minimum atomic E-state index is -0.227. The lowest BCUT2D eigenvalue weighted by Gasteiger charge is -2.11. The lowest BCUT2D eigenvalue weighted by molar-refractivity contribution is 0.247. The first-order valence-electron chi connectivity index (χ1n) is 7.27. The summed E-state index contributed by atoms with van der Waals surface area (Å²) in [6, 6.07) is 8.92. The van der Waals surface area contributed by atoms with Gasteiger partial charge in [-0.25, -0.2) is 0 Å². The molecule has 23 heavy (non-hydrogen) atoms. The van der Waals surface area contributed by atoms with Crippen molar-refractivity contribution in [2.75, 3.05) is 5.73 Å². The van der Waals surface area contributed by atoms with Crippen LogP contribution in [0.15, 0.2) is 30.3 Å². The molecule has 0 aliphatic rings. The zero-order valence-electron chi connectivity index (χ0n) is 12.7. The molecule has 0 saturated carbocycles. The van der Waals surface area contributed by atoms with E-state index in [-0.39, 0.29) is 26.4 Å². The Balaban J connectivity index is 2.34. The Bertz CT molecular complexity index is 685. The summed E-state index contributed by atoms with van der Waals surface area (Å²) in [7, 11) is 0. The summed E-state index contributed by atoms with van der Waals surface area (Å²) in [5, 5.41) is 37.3. The quantitative estimate of drug-likeness (QED) is 0.409. The van der Waals surface area contributed by atoms with E-state index in [1.807, 2.05) is 18.2 Å². The maximum Gasteiger partial charge on any atom is 0.0701 e. The van der Waals surface area contributed by atoms with Gasteiger partial charge in [-0.3, -0.25) is 0 Å². The molecule has 0 heterocycles. The average Bonchev–Trinajstić information content (AvgIpc) is 2.58. The third kappa shape index (κ3) is 3.97. The highest BCUT2D eigenvalue weighted by Crippen LogP contribution is 2.21. The first-order chi connectivity index (χ1) is 11.1. The predicted molar refractivity (Wildman–Crippen MR) is 89.9 cm³/mol. The van der Waals surface area contributed by atoms with E-state index in [9.17, 15) is 15.3 Å². The lowest BCUT2D eigenvalue weighted by Crippen LogP contribution is -2.01. The van der Waals surface area contributed by atoms with Gasteiger partial charge < -0.3 is 26.2 Å². The third-order valence-corrected chi connectivity index (χ3v) is 3.76. The van der Waals surface area contributed by atoms with Crippen molar-refractivity contribution >= 4 is 17.8 Å². The average molecular weight is 315 g/mol. The van der Waals surface area contributed by atoms with Gasteiger partial charge in [0.05, 0.1) is 26.4 Å². The van der Waals surface area contributed by atoms with Gasteiger partial charge in [-0.15, -0.1) is 0 Å². The van der Waals surface area contributed by atoms with E-state index in [1.54, 1.807) is 24.3 Å². The Labute approximate surface area is 135 Å². The largest absolute Gasteiger partial charge is 0.398 e. The number of anilines is 1. The smallest absolute Gasteiger partial charge is 0.0701 e. The molecule has 122 valence electrons. The van der Waals surface area contributed by atoms with Crippen LogP contribution in [0.2, 0.25) is 0 Å². The van der Waals surface area contributed by atoms with Crippen LogP contribution < -0.4 is 5.73 Å². The highest BCUT2D eigenvalue weighted by atomic mass is 16.3. The Hall–Kier alpha value is -2.18. The molecule has 0 aliphatic carbocycles. The number of aliphatic hydroxyl groups excluding tert-OH is 4. The molecule has 2 rings (SSSR count). The molecule has 0 saturated heterocycles. The van der Waals surface area contributed by atoms with E-state index >= 15 is 0 Å². The van der Waals surface area contributed by atoms with Gasteiger partial charge in [-0.05, 0) is 46.0 Å². The molecule has 5 nitrogen and oxygen atoms in total. The van der Waals surface area contributed by atoms with Crippen LogP contribution in [0.1, 0.15) is 33.4 Å². The maximum atomic E-state index is 9.42. The van der Waals surface area contributed by atoms with E-state index in [2.05, 4.69) is 0 Å². The van der Waals surface area contributed by atoms with Gasteiger partial charge >= 0.3 is 0 Å². The third-order valence-electron chi connectivity index (χ3n) is 3.76. The zero-order chi connectivity index (χ0) is 16.8. The Kier molecular flexibility index (Phi) is 5.90. The van der Waals surface area contributed by atoms with Crippen LogP contribution >= 0.6 is 0 Å². The van der Waals surface area contributed by atoms with Crippen molar-refractivity contribution in [3.05, 3.63) is 63.7 Å². The Morgan fingerprint density at radius 2 is 1.26 bits per heavy atom. The molecule has 0 amide bonds. The molecule has 0 aliphatic heterocycles. The summed E-state index contributed by atoms with van der Waals surface area (Å²) in [4.78, 5) is 0. The molecule has 0 radical (unpaired) electrons. The SMILES string of the molecule is Nc1cc(/C=C\c2cc(CO)c(CO)c(CO)c2)ccc1CO. The Morgan fingerprint density at radius 1 is 0.696 bits per heavy atom. The van der Waals surface area contributed by atoms with Crippen molar-refractivity contribution < 1.29 is 20.4 Å². The normalized spacial score (nSPS) is 11.3. The van der Waals surface area contributed by atoms with Crippen molar-refractivity contribution in [1.29, 1.82) is 0 Å². The summed E-state index contributed by atoms with van der Waals surface area (Å²) in [5.74, 6) is 0. The van der Waals surface area contributed by atoms with Gasteiger partial charge in [0.25, 0.3) is 0 Å². The molecular formula is C18H21NO4. The van der Waals surface area contributed by atoms with Crippen LogP contribution in [0.25, 0.3) is 12.2 Å². The molecule has 5 heteroatoms. The predicted octanol–water partition coefficient (Wildman–Crippen LogP) is 1.41. The highest BCUT2D eigenvalue weighted by molar-refractivity contribution is 5.72. The van der Waals surface area contributed by atoms with E-state index in [0.29, 0.717) is 27.9 Å². The van der Waals surface area contributed by atoms with Crippen LogP contribution in [0, 0.1) is 0 Å². The molecule has 0 fully saturated rings. The summed E-state index contributed by atoms with van der Waals surface area (Å²) in [6.07, 6.45) is 3.70. The first-order valence-corrected chi connectivity index (χ1v) is 7.27. The first kappa shape index (κ1) is 17.2. The van der Waals surface area contributed by atoms with Crippen molar-refractivity contribution in [2.24, 2.45) is 0 Å². The zero-order valence-corrected chi connectivity index (χ0v) is 12.7. The van der Waals surface area contributed by atoms with Crippen molar-refractivity contribution in [3.63, 3.8) is 0 Å². The fourth-order valence-corrected chi connectivity index (χ4v) is 2.46. The Morgan fingerprint density at radius 3 is 1.74 bits per heavy atom. The van der Waals surface area contributed by atoms with Crippen LogP contribution in [-0.4, -0.2) is 20.4 Å². The summed E-state index contributed by atoms with van der Waals surface area (Å²) in [5.41, 5.74) is 10.5.